The van der Waals surface area contributed by atoms with Crippen LogP contribution in [0.4, 0.5) is 5.69 Å². The molecule has 1 amide bonds. The summed E-state index contributed by atoms with van der Waals surface area (Å²) in [7, 11) is 0. The quantitative estimate of drug-likeness (QED) is 0.696. The number of anilines is 1. The predicted molar refractivity (Wildman–Crippen MR) is 93.0 cm³/mol. The Morgan fingerprint density at radius 2 is 1.70 bits per heavy atom. The topological polar surface area (TPSA) is 42.2 Å². The number of para-hydroxylation sites is 1. The normalized spacial score (nSPS) is 10.8. The highest BCUT2D eigenvalue weighted by molar-refractivity contribution is 6.04. The van der Waals surface area contributed by atoms with E-state index in [4.69, 9.17) is 4.42 Å². The van der Waals surface area contributed by atoms with Gasteiger partial charge < -0.3 is 9.73 Å². The number of aryl methyl sites for hydroxylation is 1. The zero-order valence-electron chi connectivity index (χ0n) is 12.8. The first-order chi connectivity index (χ1) is 11.2. The minimum absolute atomic E-state index is 0.192. The number of hydrogen-bond donors (Lipinski definition) is 1. The minimum atomic E-state index is -0.192. The van der Waals surface area contributed by atoms with E-state index in [1.165, 1.54) is 6.08 Å². The van der Waals surface area contributed by atoms with Gasteiger partial charge in [-0.15, -0.1) is 0 Å². The number of carbonyl (C=O) groups excluding carboxylic acids is 1. The minimum Gasteiger partial charge on any atom is -0.462 e. The molecule has 0 spiro atoms. The fourth-order valence-corrected chi connectivity index (χ4v) is 2.34. The molecule has 0 aliphatic rings. The summed E-state index contributed by atoms with van der Waals surface area (Å²) in [6.45, 7) is 1.87. The Hall–Kier alpha value is -3.07. The Morgan fingerprint density at radius 3 is 2.43 bits per heavy atom. The zero-order chi connectivity index (χ0) is 16.1. The van der Waals surface area contributed by atoms with Crippen LogP contribution >= 0.6 is 0 Å². The summed E-state index contributed by atoms with van der Waals surface area (Å²) in [5.74, 6) is 1.29. The van der Waals surface area contributed by atoms with Crippen LogP contribution in [0.3, 0.4) is 0 Å². The number of furan rings is 1. The van der Waals surface area contributed by atoms with Gasteiger partial charge in [-0.1, -0.05) is 48.5 Å². The van der Waals surface area contributed by atoms with E-state index in [-0.39, 0.29) is 5.91 Å². The van der Waals surface area contributed by atoms with E-state index in [0.717, 1.165) is 22.6 Å². The van der Waals surface area contributed by atoms with Gasteiger partial charge >= 0.3 is 0 Å². The summed E-state index contributed by atoms with van der Waals surface area (Å²) in [6, 6.07) is 21.4. The number of amides is 1. The third kappa shape index (κ3) is 3.77. The molecule has 1 N–H and O–H groups in total. The predicted octanol–water partition coefficient (Wildman–Crippen LogP) is 4.91. The SMILES string of the molecule is Cc1ccc(/C=C/C(=O)Nc2ccccc2-c2ccccc2)o1. The van der Waals surface area contributed by atoms with E-state index in [9.17, 15) is 4.79 Å². The second kappa shape index (κ2) is 6.79. The standard InChI is InChI=1S/C20H17NO2/c1-15-11-12-17(23-15)13-14-20(22)21-19-10-6-5-9-18(19)16-7-3-2-4-8-16/h2-14H,1H3,(H,21,22)/b14-13+. The molecular weight excluding hydrogens is 286 g/mol. The van der Waals surface area contributed by atoms with Gasteiger partial charge in [0.2, 0.25) is 5.91 Å². The van der Waals surface area contributed by atoms with Crippen molar-refractivity contribution < 1.29 is 9.21 Å². The Bertz CT molecular complexity index is 832. The molecule has 0 aliphatic heterocycles. The molecule has 0 unspecified atom stereocenters. The van der Waals surface area contributed by atoms with Crippen molar-refractivity contribution in [2.75, 3.05) is 5.32 Å². The first-order valence-corrected chi connectivity index (χ1v) is 7.42. The number of hydrogen-bond acceptors (Lipinski definition) is 2. The number of benzene rings is 2. The van der Waals surface area contributed by atoms with Crippen molar-refractivity contribution in [1.82, 2.24) is 0 Å². The first kappa shape index (κ1) is 14.9. The fourth-order valence-electron chi connectivity index (χ4n) is 2.34. The lowest BCUT2D eigenvalue weighted by Gasteiger charge is -2.09. The van der Waals surface area contributed by atoms with Crippen LogP contribution in [-0.4, -0.2) is 5.91 Å². The fraction of sp³-hybridized carbons (Fsp3) is 0.0500. The van der Waals surface area contributed by atoms with Crippen LogP contribution in [0.5, 0.6) is 0 Å². The van der Waals surface area contributed by atoms with E-state index in [0.29, 0.717) is 5.76 Å². The van der Waals surface area contributed by atoms with Crippen LogP contribution in [0.25, 0.3) is 17.2 Å². The van der Waals surface area contributed by atoms with Crippen molar-refractivity contribution in [3.05, 3.63) is 84.3 Å². The Balaban J connectivity index is 1.78. The molecule has 3 rings (SSSR count). The molecule has 0 radical (unpaired) electrons. The second-order valence-electron chi connectivity index (χ2n) is 5.18. The van der Waals surface area contributed by atoms with Crippen molar-refractivity contribution >= 4 is 17.7 Å². The number of nitrogens with one attached hydrogen (secondary N) is 1. The first-order valence-electron chi connectivity index (χ1n) is 7.42. The molecule has 114 valence electrons. The van der Waals surface area contributed by atoms with E-state index in [1.54, 1.807) is 6.08 Å². The largest absolute Gasteiger partial charge is 0.462 e. The van der Waals surface area contributed by atoms with Crippen molar-refractivity contribution in [1.29, 1.82) is 0 Å². The number of carbonyl (C=O) groups is 1. The third-order valence-electron chi connectivity index (χ3n) is 3.43. The van der Waals surface area contributed by atoms with Crippen LogP contribution in [0, 0.1) is 6.92 Å². The molecule has 3 nitrogen and oxygen atoms in total. The van der Waals surface area contributed by atoms with E-state index in [1.807, 2.05) is 73.7 Å². The summed E-state index contributed by atoms with van der Waals surface area (Å²) in [5, 5.41) is 2.92. The van der Waals surface area contributed by atoms with Gasteiger partial charge in [-0.05, 0) is 36.8 Å². The van der Waals surface area contributed by atoms with E-state index >= 15 is 0 Å². The second-order valence-corrected chi connectivity index (χ2v) is 5.18. The molecule has 3 heteroatoms. The van der Waals surface area contributed by atoms with Gasteiger partial charge in [-0.2, -0.15) is 0 Å². The molecule has 1 aromatic heterocycles. The van der Waals surface area contributed by atoms with Gasteiger partial charge in [0, 0.05) is 17.3 Å². The molecule has 3 aromatic rings. The van der Waals surface area contributed by atoms with Crippen molar-refractivity contribution in [3.63, 3.8) is 0 Å². The molecule has 0 saturated carbocycles. The average Bonchev–Trinajstić information content (AvgIpc) is 3.00. The van der Waals surface area contributed by atoms with Crippen molar-refractivity contribution in [3.8, 4) is 11.1 Å². The maximum absolute atomic E-state index is 12.1. The summed E-state index contributed by atoms with van der Waals surface area (Å²) in [6.07, 6.45) is 3.13. The Morgan fingerprint density at radius 1 is 0.957 bits per heavy atom. The lowest BCUT2D eigenvalue weighted by Crippen LogP contribution is -2.08. The average molecular weight is 303 g/mol. The highest BCUT2D eigenvalue weighted by Crippen LogP contribution is 2.27. The lowest BCUT2D eigenvalue weighted by molar-refractivity contribution is -0.111. The maximum Gasteiger partial charge on any atom is 0.248 e. The van der Waals surface area contributed by atoms with Crippen LogP contribution in [-0.2, 0) is 4.79 Å². The Labute approximate surface area is 135 Å². The highest BCUT2D eigenvalue weighted by atomic mass is 16.3. The Kier molecular flexibility index (Phi) is 4.39. The van der Waals surface area contributed by atoms with Crippen molar-refractivity contribution in [2.24, 2.45) is 0 Å². The highest BCUT2D eigenvalue weighted by Gasteiger charge is 2.06. The summed E-state index contributed by atoms with van der Waals surface area (Å²) < 4.78 is 5.41. The molecule has 0 saturated heterocycles. The van der Waals surface area contributed by atoms with Gasteiger partial charge in [-0.3, -0.25) is 4.79 Å². The zero-order valence-corrected chi connectivity index (χ0v) is 12.8. The number of rotatable bonds is 4. The summed E-state index contributed by atoms with van der Waals surface area (Å²) in [4.78, 5) is 12.1. The summed E-state index contributed by atoms with van der Waals surface area (Å²) in [5.41, 5.74) is 2.83. The molecule has 0 bridgehead atoms. The molecule has 0 aliphatic carbocycles. The van der Waals surface area contributed by atoms with Crippen molar-refractivity contribution in [2.45, 2.75) is 6.92 Å². The molecule has 0 atom stereocenters. The van der Waals surface area contributed by atoms with Crippen LogP contribution in [0.2, 0.25) is 0 Å². The lowest BCUT2D eigenvalue weighted by atomic mass is 10.0. The monoisotopic (exact) mass is 303 g/mol. The maximum atomic E-state index is 12.1. The van der Waals surface area contributed by atoms with Gasteiger partial charge in [0.05, 0.1) is 0 Å². The van der Waals surface area contributed by atoms with Gasteiger partial charge in [0.1, 0.15) is 11.5 Å². The van der Waals surface area contributed by atoms with Crippen LogP contribution < -0.4 is 5.32 Å². The molecule has 23 heavy (non-hydrogen) atoms. The van der Waals surface area contributed by atoms with Gasteiger partial charge in [0.15, 0.2) is 0 Å². The van der Waals surface area contributed by atoms with Crippen LogP contribution in [0.1, 0.15) is 11.5 Å². The smallest absolute Gasteiger partial charge is 0.248 e. The molecule has 1 heterocycles. The van der Waals surface area contributed by atoms with Gasteiger partial charge in [-0.25, -0.2) is 0 Å². The molecular formula is C20H17NO2. The van der Waals surface area contributed by atoms with Crippen LogP contribution in [0.15, 0.2) is 77.2 Å². The summed E-state index contributed by atoms with van der Waals surface area (Å²) >= 11 is 0. The van der Waals surface area contributed by atoms with E-state index in [2.05, 4.69) is 5.32 Å². The third-order valence-corrected chi connectivity index (χ3v) is 3.43. The molecule has 0 fully saturated rings. The molecule has 2 aromatic carbocycles. The van der Waals surface area contributed by atoms with Gasteiger partial charge in [0.25, 0.3) is 0 Å². The van der Waals surface area contributed by atoms with E-state index < -0.39 is 0 Å².